The van der Waals surface area contributed by atoms with E-state index in [1.165, 1.54) is 11.1 Å². The Morgan fingerprint density at radius 2 is 2.15 bits per heavy atom. The van der Waals surface area contributed by atoms with Crippen molar-refractivity contribution in [3.63, 3.8) is 0 Å². The molecule has 0 aliphatic carbocycles. The predicted octanol–water partition coefficient (Wildman–Crippen LogP) is 3.04. The normalized spacial score (nSPS) is 20.9. The summed E-state index contributed by atoms with van der Waals surface area (Å²) in [5, 5.41) is 0. The average Bonchev–Trinajstić information content (AvgIpc) is 2.89. The molecule has 1 heterocycles. The van der Waals surface area contributed by atoms with Crippen LogP contribution in [-0.2, 0) is 10.2 Å². The maximum atomic E-state index is 6.17. The highest BCUT2D eigenvalue weighted by Gasteiger charge is 2.23. The minimum atomic E-state index is 0.0548. The van der Waals surface area contributed by atoms with Crippen molar-refractivity contribution >= 4 is 0 Å². The second kappa shape index (κ2) is 6.15. The molecule has 1 fully saturated rings. The highest BCUT2D eigenvalue weighted by molar-refractivity contribution is 5.38. The quantitative estimate of drug-likeness (QED) is 0.920. The summed E-state index contributed by atoms with van der Waals surface area (Å²) in [6.45, 7) is 10.9. The molecule has 2 atom stereocenters. The van der Waals surface area contributed by atoms with Crippen molar-refractivity contribution in [3.05, 3.63) is 29.3 Å². The van der Waals surface area contributed by atoms with Crippen molar-refractivity contribution in [2.45, 2.75) is 45.6 Å². The fraction of sp³-hybridized carbons (Fsp3) is 0.647. The maximum absolute atomic E-state index is 6.17. The van der Waals surface area contributed by atoms with Crippen LogP contribution in [0, 0.1) is 12.8 Å². The van der Waals surface area contributed by atoms with Gasteiger partial charge in [-0.25, -0.2) is 0 Å². The monoisotopic (exact) mass is 277 g/mol. The van der Waals surface area contributed by atoms with Crippen LogP contribution in [-0.4, -0.2) is 25.9 Å². The zero-order chi connectivity index (χ0) is 14.8. The molecule has 0 radical (unpaired) electrons. The van der Waals surface area contributed by atoms with Crippen LogP contribution >= 0.6 is 0 Å². The van der Waals surface area contributed by atoms with E-state index in [1.807, 2.05) is 0 Å². The Kier molecular flexibility index (Phi) is 4.71. The molecule has 0 bridgehead atoms. The molecule has 1 aromatic carbocycles. The summed E-state index contributed by atoms with van der Waals surface area (Å²) in [6, 6.07) is 6.47. The van der Waals surface area contributed by atoms with Gasteiger partial charge in [0.2, 0.25) is 0 Å². The van der Waals surface area contributed by atoms with E-state index in [9.17, 15) is 0 Å². The van der Waals surface area contributed by atoms with Gasteiger partial charge < -0.3 is 15.2 Å². The first-order valence-corrected chi connectivity index (χ1v) is 7.45. The summed E-state index contributed by atoms with van der Waals surface area (Å²) < 4.78 is 11.3. The van der Waals surface area contributed by atoms with Crippen molar-refractivity contribution < 1.29 is 9.47 Å². The van der Waals surface area contributed by atoms with Gasteiger partial charge in [-0.05, 0) is 36.0 Å². The van der Waals surface area contributed by atoms with Gasteiger partial charge in [-0.15, -0.1) is 0 Å². The van der Waals surface area contributed by atoms with E-state index in [1.54, 1.807) is 0 Å². The van der Waals surface area contributed by atoms with E-state index in [0.717, 1.165) is 25.4 Å². The molecule has 0 spiro atoms. The lowest BCUT2D eigenvalue weighted by molar-refractivity contribution is 0.170. The summed E-state index contributed by atoms with van der Waals surface area (Å²) in [7, 11) is 0. The Balaban J connectivity index is 1.96. The Morgan fingerprint density at radius 3 is 2.70 bits per heavy atom. The molecule has 0 amide bonds. The number of nitrogens with two attached hydrogens (primary N) is 1. The molecule has 2 N–H and O–H groups in total. The fourth-order valence-electron chi connectivity index (χ4n) is 2.49. The largest absolute Gasteiger partial charge is 0.492 e. The highest BCUT2D eigenvalue weighted by Crippen LogP contribution is 2.27. The number of rotatable bonds is 4. The zero-order valence-corrected chi connectivity index (χ0v) is 13.1. The first kappa shape index (κ1) is 15.3. The Morgan fingerprint density at radius 1 is 1.40 bits per heavy atom. The highest BCUT2D eigenvalue weighted by atomic mass is 16.5. The van der Waals surface area contributed by atoms with E-state index in [-0.39, 0.29) is 11.5 Å². The molecule has 2 unspecified atom stereocenters. The molecule has 1 aliphatic heterocycles. The van der Waals surface area contributed by atoms with Crippen LogP contribution in [0.25, 0.3) is 0 Å². The molecular formula is C17H27NO2. The van der Waals surface area contributed by atoms with Gasteiger partial charge >= 0.3 is 0 Å². The molecule has 0 aromatic heterocycles. The first-order valence-electron chi connectivity index (χ1n) is 7.45. The minimum Gasteiger partial charge on any atom is -0.492 e. The topological polar surface area (TPSA) is 44.5 Å². The molecule has 20 heavy (non-hydrogen) atoms. The number of hydrogen-bond donors (Lipinski definition) is 1. The third-order valence-corrected chi connectivity index (χ3v) is 4.04. The van der Waals surface area contributed by atoms with E-state index in [4.69, 9.17) is 15.2 Å². The summed E-state index contributed by atoms with van der Waals surface area (Å²) in [5.41, 5.74) is 8.84. The van der Waals surface area contributed by atoms with Crippen molar-refractivity contribution in [1.82, 2.24) is 0 Å². The minimum absolute atomic E-state index is 0.0548. The van der Waals surface area contributed by atoms with Crippen LogP contribution in [0.15, 0.2) is 18.2 Å². The van der Waals surface area contributed by atoms with Gasteiger partial charge in [-0.3, -0.25) is 0 Å². The van der Waals surface area contributed by atoms with E-state index in [2.05, 4.69) is 45.9 Å². The predicted molar refractivity (Wildman–Crippen MR) is 82.3 cm³/mol. The Labute approximate surface area is 122 Å². The van der Waals surface area contributed by atoms with Gasteiger partial charge in [-0.1, -0.05) is 32.9 Å². The van der Waals surface area contributed by atoms with Crippen LogP contribution in [0.5, 0.6) is 5.75 Å². The van der Waals surface area contributed by atoms with Gasteiger partial charge in [0.05, 0.1) is 6.61 Å². The molecule has 1 aromatic rings. The number of ether oxygens (including phenoxy) is 2. The van der Waals surface area contributed by atoms with Gasteiger partial charge in [-0.2, -0.15) is 0 Å². The van der Waals surface area contributed by atoms with Gasteiger partial charge in [0.1, 0.15) is 12.4 Å². The SMILES string of the molecule is Cc1cc(C(C)(C)C)ccc1OCC(N)C1CCOC1. The number of benzene rings is 1. The van der Waals surface area contributed by atoms with E-state index < -0.39 is 0 Å². The molecule has 2 rings (SSSR count). The van der Waals surface area contributed by atoms with Crippen molar-refractivity contribution in [2.75, 3.05) is 19.8 Å². The lowest BCUT2D eigenvalue weighted by Crippen LogP contribution is -2.36. The molecule has 1 saturated heterocycles. The molecule has 1 aliphatic rings. The van der Waals surface area contributed by atoms with Crippen LogP contribution in [0.1, 0.15) is 38.3 Å². The van der Waals surface area contributed by atoms with Crippen LogP contribution in [0.3, 0.4) is 0 Å². The Bertz CT molecular complexity index is 445. The summed E-state index contributed by atoms with van der Waals surface area (Å²) in [4.78, 5) is 0. The summed E-state index contributed by atoms with van der Waals surface area (Å²) >= 11 is 0. The van der Waals surface area contributed by atoms with Crippen molar-refractivity contribution in [2.24, 2.45) is 11.7 Å². The average molecular weight is 277 g/mol. The van der Waals surface area contributed by atoms with E-state index in [0.29, 0.717) is 12.5 Å². The molecule has 112 valence electrons. The summed E-state index contributed by atoms with van der Waals surface area (Å²) in [6.07, 6.45) is 1.05. The van der Waals surface area contributed by atoms with Gasteiger partial charge in [0.25, 0.3) is 0 Å². The van der Waals surface area contributed by atoms with Crippen LogP contribution in [0.4, 0.5) is 0 Å². The van der Waals surface area contributed by atoms with Gasteiger partial charge in [0, 0.05) is 18.6 Å². The maximum Gasteiger partial charge on any atom is 0.122 e. The first-order chi connectivity index (χ1) is 9.38. The number of aryl methyl sites for hydroxylation is 1. The van der Waals surface area contributed by atoms with Crippen LogP contribution < -0.4 is 10.5 Å². The third kappa shape index (κ3) is 3.74. The van der Waals surface area contributed by atoms with Crippen LogP contribution in [0.2, 0.25) is 0 Å². The smallest absolute Gasteiger partial charge is 0.122 e. The molecule has 3 nitrogen and oxygen atoms in total. The zero-order valence-electron chi connectivity index (χ0n) is 13.1. The van der Waals surface area contributed by atoms with Gasteiger partial charge in [0.15, 0.2) is 0 Å². The second-order valence-electron chi connectivity index (χ2n) is 6.83. The fourth-order valence-corrected chi connectivity index (χ4v) is 2.49. The van der Waals surface area contributed by atoms with Crippen molar-refractivity contribution in [1.29, 1.82) is 0 Å². The number of hydrogen-bond acceptors (Lipinski definition) is 3. The third-order valence-electron chi connectivity index (χ3n) is 4.04. The molecule has 3 heteroatoms. The molecule has 0 saturated carbocycles. The lowest BCUT2D eigenvalue weighted by Gasteiger charge is -2.22. The van der Waals surface area contributed by atoms with Crippen molar-refractivity contribution in [3.8, 4) is 5.75 Å². The second-order valence-corrected chi connectivity index (χ2v) is 6.83. The standard InChI is InChI=1S/C17H27NO2/c1-12-9-14(17(2,3)4)5-6-16(12)20-11-15(18)13-7-8-19-10-13/h5-6,9,13,15H,7-8,10-11,18H2,1-4H3. The molecular weight excluding hydrogens is 250 g/mol. The van der Waals surface area contributed by atoms with E-state index >= 15 is 0 Å². The summed E-state index contributed by atoms with van der Waals surface area (Å²) in [5.74, 6) is 1.37. The lowest BCUT2D eigenvalue weighted by atomic mass is 9.86. The Hall–Kier alpha value is -1.06.